The molecule has 0 unspecified atom stereocenters. The first-order chi connectivity index (χ1) is 5.29. The van der Waals surface area contributed by atoms with Crippen LogP contribution in [-0.2, 0) is 6.42 Å². The molecular formula is C9H7BrO. The van der Waals surface area contributed by atoms with E-state index in [1.54, 1.807) is 0 Å². The molecule has 0 fully saturated rings. The molecule has 1 aromatic rings. The molecule has 56 valence electrons. The number of alkyl halides is 1. The van der Waals surface area contributed by atoms with E-state index in [0.29, 0.717) is 0 Å². The zero-order chi connectivity index (χ0) is 7.84. The summed E-state index contributed by atoms with van der Waals surface area (Å²) in [5, 5.41) is 0. The second kappa shape index (κ2) is 2.45. The molecule has 11 heavy (non-hydrogen) atoms. The molecule has 0 saturated carbocycles. The van der Waals surface area contributed by atoms with Gasteiger partial charge in [0.15, 0.2) is 5.78 Å². The van der Waals surface area contributed by atoms with Crippen LogP contribution in [0.25, 0.3) is 0 Å². The minimum atomic E-state index is 0.0138. The Morgan fingerprint density at radius 1 is 1.36 bits per heavy atom. The Hall–Kier alpha value is -0.630. The molecule has 0 saturated heterocycles. The number of fused-ring (bicyclic) bond motifs is 1. The zero-order valence-electron chi connectivity index (χ0n) is 5.88. The predicted octanol–water partition coefficient (Wildman–Crippen LogP) is 2.19. The van der Waals surface area contributed by atoms with Crippen LogP contribution in [0.15, 0.2) is 24.3 Å². The molecule has 0 radical (unpaired) electrons. The molecule has 0 N–H and O–H groups in total. The lowest BCUT2D eigenvalue weighted by Crippen LogP contribution is -2.05. The molecule has 1 aliphatic carbocycles. The van der Waals surface area contributed by atoms with Crippen LogP contribution in [0, 0.1) is 0 Å². The van der Waals surface area contributed by atoms with Gasteiger partial charge in [-0.1, -0.05) is 40.2 Å². The Morgan fingerprint density at radius 2 is 2.09 bits per heavy atom. The summed E-state index contributed by atoms with van der Waals surface area (Å²) in [5.74, 6) is 0.223. The van der Waals surface area contributed by atoms with Crippen molar-refractivity contribution in [3.8, 4) is 0 Å². The highest BCUT2D eigenvalue weighted by atomic mass is 79.9. The summed E-state index contributed by atoms with van der Waals surface area (Å²) < 4.78 is 0. The first kappa shape index (κ1) is 7.04. The lowest BCUT2D eigenvalue weighted by molar-refractivity contribution is 0.100. The first-order valence-electron chi connectivity index (χ1n) is 3.55. The van der Waals surface area contributed by atoms with Gasteiger partial charge >= 0.3 is 0 Å². The number of carbonyl (C=O) groups is 1. The molecule has 0 spiro atoms. The number of carbonyl (C=O) groups excluding carboxylic acids is 1. The van der Waals surface area contributed by atoms with Gasteiger partial charge in [0.25, 0.3) is 0 Å². The fourth-order valence-corrected chi connectivity index (χ4v) is 1.99. The van der Waals surface area contributed by atoms with E-state index in [9.17, 15) is 4.79 Å². The molecule has 1 nitrogen and oxygen atoms in total. The van der Waals surface area contributed by atoms with E-state index in [2.05, 4.69) is 15.9 Å². The summed E-state index contributed by atoms with van der Waals surface area (Å²) in [5.41, 5.74) is 2.05. The number of hydrogen-bond acceptors (Lipinski definition) is 1. The van der Waals surface area contributed by atoms with E-state index in [0.717, 1.165) is 12.0 Å². The quantitative estimate of drug-likeness (QED) is 0.601. The van der Waals surface area contributed by atoms with Crippen LogP contribution in [0.3, 0.4) is 0 Å². The van der Waals surface area contributed by atoms with Gasteiger partial charge < -0.3 is 0 Å². The molecule has 2 rings (SSSR count). The molecule has 0 bridgehead atoms. The summed E-state index contributed by atoms with van der Waals surface area (Å²) in [7, 11) is 0. The number of ketones is 1. The molecule has 0 aromatic heterocycles. The lowest BCUT2D eigenvalue weighted by atomic mass is 10.1. The largest absolute Gasteiger partial charge is 0.293 e. The van der Waals surface area contributed by atoms with Gasteiger partial charge in [-0.05, 0) is 12.0 Å². The number of benzene rings is 1. The number of halogens is 1. The third-order valence-corrected chi connectivity index (χ3v) is 2.71. The molecule has 2 heteroatoms. The maximum absolute atomic E-state index is 11.3. The third kappa shape index (κ3) is 1.02. The Bertz CT molecular complexity index is 306. The normalized spacial score (nSPS) is 21.9. The Kier molecular flexibility index (Phi) is 1.57. The average molecular weight is 211 g/mol. The van der Waals surface area contributed by atoms with E-state index >= 15 is 0 Å². The van der Waals surface area contributed by atoms with Gasteiger partial charge in [-0.25, -0.2) is 0 Å². The van der Waals surface area contributed by atoms with Crippen molar-refractivity contribution in [3.05, 3.63) is 35.4 Å². The van der Waals surface area contributed by atoms with Gasteiger partial charge in [0.1, 0.15) is 0 Å². The van der Waals surface area contributed by atoms with Gasteiger partial charge in [-0.3, -0.25) is 4.79 Å². The van der Waals surface area contributed by atoms with Gasteiger partial charge in [-0.15, -0.1) is 0 Å². The molecule has 0 aliphatic heterocycles. The van der Waals surface area contributed by atoms with E-state index in [4.69, 9.17) is 0 Å². The zero-order valence-corrected chi connectivity index (χ0v) is 7.47. The molecule has 1 aromatic carbocycles. The predicted molar refractivity (Wildman–Crippen MR) is 47.2 cm³/mol. The summed E-state index contributed by atoms with van der Waals surface area (Å²) in [6.45, 7) is 0. The minimum absolute atomic E-state index is 0.0138. The summed E-state index contributed by atoms with van der Waals surface area (Å²) >= 11 is 3.33. The van der Waals surface area contributed by atoms with Gasteiger partial charge in [0, 0.05) is 5.56 Å². The maximum atomic E-state index is 11.3. The van der Waals surface area contributed by atoms with Crippen LogP contribution in [0.4, 0.5) is 0 Å². The van der Waals surface area contributed by atoms with E-state index in [1.807, 2.05) is 24.3 Å². The number of Topliss-reactive ketones (excluding diaryl/α,β-unsaturated/α-hetero) is 1. The Balaban J connectivity index is 2.55. The van der Waals surface area contributed by atoms with Crippen LogP contribution in [0.5, 0.6) is 0 Å². The Labute approximate surface area is 73.5 Å². The third-order valence-electron chi connectivity index (χ3n) is 1.97. The fraction of sp³-hybridized carbons (Fsp3) is 0.222. The van der Waals surface area contributed by atoms with E-state index in [1.165, 1.54) is 5.56 Å². The lowest BCUT2D eigenvalue weighted by Gasteiger charge is -1.92. The highest BCUT2D eigenvalue weighted by Crippen LogP contribution is 2.25. The van der Waals surface area contributed by atoms with Crippen molar-refractivity contribution in [2.24, 2.45) is 0 Å². The van der Waals surface area contributed by atoms with Crippen molar-refractivity contribution < 1.29 is 4.79 Å². The van der Waals surface area contributed by atoms with Crippen molar-refractivity contribution in [3.63, 3.8) is 0 Å². The smallest absolute Gasteiger partial charge is 0.177 e. The van der Waals surface area contributed by atoms with Gasteiger partial charge in [0.05, 0.1) is 4.83 Å². The van der Waals surface area contributed by atoms with Crippen molar-refractivity contribution in [1.29, 1.82) is 0 Å². The van der Waals surface area contributed by atoms with Gasteiger partial charge in [0.2, 0.25) is 0 Å². The molecule has 1 aliphatic rings. The second-order valence-electron chi connectivity index (χ2n) is 2.69. The first-order valence-corrected chi connectivity index (χ1v) is 4.47. The highest BCUT2D eigenvalue weighted by molar-refractivity contribution is 9.10. The SMILES string of the molecule is O=C1c2ccccc2C[C@H]1Br. The fourth-order valence-electron chi connectivity index (χ4n) is 1.39. The van der Waals surface area contributed by atoms with Gasteiger partial charge in [-0.2, -0.15) is 0 Å². The summed E-state index contributed by atoms with van der Waals surface area (Å²) in [6, 6.07) is 7.77. The average Bonchev–Trinajstić information content (AvgIpc) is 2.30. The van der Waals surface area contributed by atoms with E-state index in [-0.39, 0.29) is 10.6 Å². The molecule has 0 amide bonds. The highest BCUT2D eigenvalue weighted by Gasteiger charge is 2.27. The summed E-state index contributed by atoms with van der Waals surface area (Å²) in [6.07, 6.45) is 0.842. The van der Waals surface area contributed by atoms with E-state index < -0.39 is 0 Å². The topological polar surface area (TPSA) is 17.1 Å². The van der Waals surface area contributed by atoms with Crippen LogP contribution in [0.1, 0.15) is 15.9 Å². The van der Waals surface area contributed by atoms with Crippen molar-refractivity contribution in [1.82, 2.24) is 0 Å². The van der Waals surface area contributed by atoms with Crippen LogP contribution in [-0.4, -0.2) is 10.6 Å². The van der Waals surface area contributed by atoms with Crippen LogP contribution < -0.4 is 0 Å². The Morgan fingerprint density at radius 3 is 2.82 bits per heavy atom. The molecule has 0 heterocycles. The monoisotopic (exact) mass is 210 g/mol. The van der Waals surface area contributed by atoms with Crippen LogP contribution in [0.2, 0.25) is 0 Å². The second-order valence-corrected chi connectivity index (χ2v) is 3.80. The standard InChI is InChI=1S/C9H7BrO/c10-8-5-6-3-1-2-4-7(6)9(8)11/h1-4,8H,5H2/t8-/m1/s1. The van der Waals surface area contributed by atoms with Crippen molar-refractivity contribution in [2.75, 3.05) is 0 Å². The number of hydrogen-bond donors (Lipinski definition) is 0. The minimum Gasteiger partial charge on any atom is -0.293 e. The summed E-state index contributed by atoms with van der Waals surface area (Å²) in [4.78, 5) is 11.4. The van der Waals surface area contributed by atoms with Crippen molar-refractivity contribution in [2.45, 2.75) is 11.2 Å². The maximum Gasteiger partial charge on any atom is 0.177 e. The molecular weight excluding hydrogens is 204 g/mol. The van der Waals surface area contributed by atoms with Crippen molar-refractivity contribution >= 4 is 21.7 Å². The van der Waals surface area contributed by atoms with Crippen LogP contribution >= 0.6 is 15.9 Å². The number of rotatable bonds is 0. The molecule has 1 atom stereocenters.